The molecule has 1 rings (SSSR count). The normalized spacial score (nSPS) is 18.9. The first-order valence-electron chi connectivity index (χ1n) is 20.9. The molecule has 0 aromatic carbocycles. The van der Waals surface area contributed by atoms with Crippen LogP contribution in [0.4, 0.5) is 0 Å². The van der Waals surface area contributed by atoms with Gasteiger partial charge in [0.05, 0.1) is 0 Å². The Kier molecular flexibility index (Phi) is 32.2. The number of hydrogen-bond donors (Lipinski definition) is 1. The molecule has 1 saturated heterocycles. The molecule has 0 radical (unpaired) electrons. The Morgan fingerprint density at radius 2 is 1.09 bits per heavy atom. The van der Waals surface area contributed by atoms with E-state index in [1.165, 1.54) is 167 Å². The Hall–Kier alpha value is 0.117. The van der Waals surface area contributed by atoms with Crippen molar-refractivity contribution in [3.63, 3.8) is 0 Å². The Balaban J connectivity index is 1.97. The third-order valence-electron chi connectivity index (χ3n) is 10.2. The highest BCUT2D eigenvalue weighted by Crippen LogP contribution is 2.26. The van der Waals surface area contributed by atoms with Crippen molar-refractivity contribution in [2.45, 2.75) is 225 Å². The van der Waals surface area contributed by atoms with Gasteiger partial charge in [-0.15, -0.1) is 0 Å². The lowest BCUT2D eigenvalue weighted by molar-refractivity contribution is -0.111. The predicted molar refractivity (Wildman–Crippen MR) is 207 cm³/mol. The molecule has 1 aliphatic heterocycles. The lowest BCUT2D eigenvalue weighted by Crippen LogP contribution is -2.49. The molecule has 6 heteroatoms. The van der Waals surface area contributed by atoms with Gasteiger partial charge in [-0.3, -0.25) is 4.79 Å². The van der Waals surface area contributed by atoms with Gasteiger partial charge in [0.1, 0.15) is 0 Å². The first-order valence-corrected chi connectivity index (χ1v) is 24.1. The second-order valence-electron chi connectivity index (χ2n) is 14.6. The summed E-state index contributed by atoms with van der Waals surface area (Å²) in [5.41, 5.74) is 3.36. The molecule has 0 aliphatic carbocycles. The maximum absolute atomic E-state index is 12.4. The van der Waals surface area contributed by atoms with Crippen LogP contribution in [0, 0.1) is 5.92 Å². The number of hydrogen-bond acceptors (Lipinski definition) is 5. The minimum absolute atomic E-state index is 0.379. The fourth-order valence-corrected chi connectivity index (χ4v) is 10.5. The van der Waals surface area contributed by atoms with E-state index in [2.05, 4.69) is 26.3 Å². The molecule has 0 amide bonds. The van der Waals surface area contributed by atoms with Crippen LogP contribution in [0.1, 0.15) is 213 Å². The minimum atomic E-state index is -2.21. The molecular formula is C40H81NO3SSi. The highest BCUT2D eigenvalue weighted by molar-refractivity contribution is 8.13. The van der Waals surface area contributed by atoms with Gasteiger partial charge in [0.15, 0.2) is 5.12 Å². The standard InChI is InChI=1S/C40H81NO3SSi/c1-4-7-9-11-13-15-17-19-21-23-25-27-29-32-39-34-35-43-46(6-3,44-41-38-39)37-31-36-45-40(42)33-30-28-26-24-22-20-18-16-14-12-10-8-5-2/h39,41H,4-38H2,1-3H3. The Morgan fingerprint density at radius 3 is 1.57 bits per heavy atom. The minimum Gasteiger partial charge on any atom is -0.393 e. The van der Waals surface area contributed by atoms with E-state index in [0.29, 0.717) is 11.0 Å². The van der Waals surface area contributed by atoms with Crippen LogP contribution in [0.5, 0.6) is 0 Å². The molecule has 0 aromatic rings. The van der Waals surface area contributed by atoms with E-state index in [-0.39, 0.29) is 0 Å². The summed E-state index contributed by atoms with van der Waals surface area (Å²) in [6.07, 6.45) is 40.1. The summed E-state index contributed by atoms with van der Waals surface area (Å²) in [6.45, 7) is 8.60. The molecule has 0 bridgehead atoms. The van der Waals surface area contributed by atoms with E-state index in [9.17, 15) is 4.79 Å². The highest BCUT2D eigenvalue weighted by atomic mass is 32.2. The summed E-state index contributed by atoms with van der Waals surface area (Å²) in [5, 5.41) is 0.379. The molecule has 0 spiro atoms. The second-order valence-corrected chi connectivity index (χ2v) is 19.2. The molecule has 1 N–H and O–H groups in total. The van der Waals surface area contributed by atoms with Crippen LogP contribution in [0.25, 0.3) is 0 Å². The van der Waals surface area contributed by atoms with Gasteiger partial charge < -0.3 is 8.95 Å². The fraction of sp³-hybridized carbons (Fsp3) is 0.975. The topological polar surface area (TPSA) is 47.6 Å². The second kappa shape index (κ2) is 33.6. The SMILES string of the molecule is CCCCCCCCCCCCCCCC(=O)SCCC[Si]1(CC)OCCC(CCCCCCCCCCCCCCC)CNO1. The summed E-state index contributed by atoms with van der Waals surface area (Å²) >= 11 is 1.54. The van der Waals surface area contributed by atoms with E-state index >= 15 is 0 Å². The number of carbonyl (C=O) groups excluding carboxylic acids is 1. The Morgan fingerprint density at radius 1 is 0.630 bits per heavy atom. The first-order chi connectivity index (χ1) is 22.7. The van der Waals surface area contributed by atoms with Crippen molar-refractivity contribution in [2.24, 2.45) is 5.92 Å². The molecule has 1 aliphatic rings. The van der Waals surface area contributed by atoms with Gasteiger partial charge in [-0.25, -0.2) is 5.48 Å². The molecule has 0 saturated carbocycles. The molecular weight excluding hydrogens is 603 g/mol. The van der Waals surface area contributed by atoms with Gasteiger partial charge in [0.25, 0.3) is 0 Å². The van der Waals surface area contributed by atoms with E-state index in [0.717, 1.165) is 56.7 Å². The first kappa shape index (κ1) is 44.1. The number of unbranched alkanes of at least 4 members (excludes halogenated alkanes) is 24. The van der Waals surface area contributed by atoms with Crippen molar-refractivity contribution in [3.8, 4) is 0 Å². The van der Waals surface area contributed by atoms with Crippen LogP contribution in [0.15, 0.2) is 0 Å². The van der Waals surface area contributed by atoms with Crippen molar-refractivity contribution in [2.75, 3.05) is 18.9 Å². The lowest BCUT2D eigenvalue weighted by atomic mass is 9.97. The zero-order chi connectivity index (χ0) is 33.2. The summed E-state index contributed by atoms with van der Waals surface area (Å²) in [5.74, 6) is 1.57. The maximum atomic E-state index is 12.4. The van der Waals surface area contributed by atoms with Crippen LogP contribution in [0.3, 0.4) is 0 Å². The Bertz CT molecular complexity index is 642. The van der Waals surface area contributed by atoms with Gasteiger partial charge in [0.2, 0.25) is 0 Å². The number of nitrogens with one attached hydrogen (secondary N) is 1. The van der Waals surface area contributed by atoms with Crippen molar-refractivity contribution < 1.29 is 13.7 Å². The van der Waals surface area contributed by atoms with Gasteiger partial charge in [-0.1, -0.05) is 193 Å². The predicted octanol–water partition coefficient (Wildman–Crippen LogP) is 13.6. The van der Waals surface area contributed by atoms with E-state index < -0.39 is 8.56 Å². The van der Waals surface area contributed by atoms with Crippen LogP contribution in [-0.2, 0) is 13.7 Å². The average molecular weight is 684 g/mol. The van der Waals surface area contributed by atoms with Crippen LogP contribution < -0.4 is 5.48 Å². The molecule has 2 atom stereocenters. The van der Waals surface area contributed by atoms with Gasteiger partial charge >= 0.3 is 8.56 Å². The molecule has 0 aromatic heterocycles. The highest BCUT2D eigenvalue weighted by Gasteiger charge is 2.37. The third-order valence-corrected chi connectivity index (χ3v) is 14.7. The summed E-state index contributed by atoms with van der Waals surface area (Å²) < 4.78 is 12.8. The summed E-state index contributed by atoms with van der Waals surface area (Å²) in [6, 6.07) is 1.96. The van der Waals surface area contributed by atoms with Crippen LogP contribution in [-0.4, -0.2) is 32.6 Å². The van der Waals surface area contributed by atoms with Crippen molar-refractivity contribution in [3.05, 3.63) is 0 Å². The largest absolute Gasteiger partial charge is 0.393 e. The number of hydroxylamine groups is 1. The zero-order valence-electron chi connectivity index (χ0n) is 31.5. The smallest absolute Gasteiger partial charge is 0.357 e. The average Bonchev–Trinajstić information content (AvgIpc) is 3.05. The number of carbonyl (C=O) groups is 1. The molecule has 1 fully saturated rings. The molecule has 4 nitrogen and oxygen atoms in total. The maximum Gasteiger partial charge on any atom is 0.357 e. The quantitative estimate of drug-likeness (QED) is 0.0551. The molecule has 2 unspecified atom stereocenters. The van der Waals surface area contributed by atoms with Crippen molar-refractivity contribution in [1.82, 2.24) is 5.48 Å². The zero-order valence-corrected chi connectivity index (χ0v) is 33.3. The van der Waals surface area contributed by atoms with Gasteiger partial charge in [-0.2, -0.15) is 0 Å². The summed E-state index contributed by atoms with van der Waals surface area (Å²) in [7, 11) is -2.21. The van der Waals surface area contributed by atoms with E-state index in [4.69, 9.17) is 8.95 Å². The van der Waals surface area contributed by atoms with E-state index in [1.807, 2.05) is 0 Å². The Labute approximate surface area is 294 Å². The molecule has 274 valence electrons. The van der Waals surface area contributed by atoms with Gasteiger partial charge in [0, 0.05) is 25.3 Å². The molecule has 1 heterocycles. The number of rotatable bonds is 33. The van der Waals surface area contributed by atoms with Crippen molar-refractivity contribution in [1.29, 1.82) is 0 Å². The van der Waals surface area contributed by atoms with Crippen LogP contribution in [0.2, 0.25) is 12.1 Å². The van der Waals surface area contributed by atoms with Crippen molar-refractivity contribution >= 4 is 25.4 Å². The molecule has 46 heavy (non-hydrogen) atoms. The number of thioether (sulfide) groups is 1. The lowest BCUT2D eigenvalue weighted by Gasteiger charge is -2.33. The third kappa shape index (κ3) is 27.0. The van der Waals surface area contributed by atoms with Gasteiger partial charge in [-0.05, 0) is 43.7 Å². The van der Waals surface area contributed by atoms with E-state index in [1.54, 1.807) is 11.8 Å². The van der Waals surface area contributed by atoms with Crippen LogP contribution >= 0.6 is 11.8 Å². The monoisotopic (exact) mass is 684 g/mol. The summed E-state index contributed by atoms with van der Waals surface area (Å²) in [4.78, 5) is 12.4. The fourth-order valence-electron chi connectivity index (χ4n) is 6.89.